The Morgan fingerprint density at radius 3 is 2.23 bits per heavy atom. The molecule has 0 spiro atoms. The molecule has 0 bridgehead atoms. The molecule has 0 aliphatic heterocycles. The summed E-state index contributed by atoms with van der Waals surface area (Å²) in [6.07, 6.45) is 3.73. The fourth-order valence-corrected chi connectivity index (χ4v) is 4.20. The first-order chi connectivity index (χ1) is 20.2. The molecule has 224 valence electrons. The zero-order chi connectivity index (χ0) is 31.4. The second-order valence-corrected chi connectivity index (χ2v) is 11.9. The van der Waals surface area contributed by atoms with Crippen molar-refractivity contribution in [1.82, 2.24) is 9.55 Å². The number of halogens is 1. The molecule has 4 rings (SSSR count). The molecule has 0 atom stereocenters. The summed E-state index contributed by atoms with van der Waals surface area (Å²) in [5.41, 5.74) is 0.456. The lowest BCUT2D eigenvalue weighted by atomic mass is 10.0. The van der Waals surface area contributed by atoms with Crippen molar-refractivity contribution in [1.29, 1.82) is 0 Å². The number of Topliss-reactive ketones (excluding diaryl/α,β-unsaturated/α-hetero) is 1. The maximum Gasteiger partial charge on any atom is 0.412 e. The molecule has 0 fully saturated rings. The topological polar surface area (TPSA) is 112 Å². The molecule has 1 heterocycles. The summed E-state index contributed by atoms with van der Waals surface area (Å²) in [5, 5.41) is 5.37. The summed E-state index contributed by atoms with van der Waals surface area (Å²) < 4.78 is 28.3. The predicted molar refractivity (Wildman–Crippen MR) is 163 cm³/mol. The molecule has 1 aromatic heterocycles. The molecule has 0 aliphatic rings. The van der Waals surface area contributed by atoms with Crippen LogP contribution in [0.25, 0.3) is 16.8 Å². The van der Waals surface area contributed by atoms with E-state index >= 15 is 0 Å². The van der Waals surface area contributed by atoms with E-state index in [1.807, 2.05) is 26.8 Å². The minimum atomic E-state index is -0.789. The van der Waals surface area contributed by atoms with Crippen LogP contribution >= 0.6 is 0 Å². The van der Waals surface area contributed by atoms with E-state index in [-0.39, 0.29) is 22.7 Å². The van der Waals surface area contributed by atoms with E-state index in [1.165, 1.54) is 18.2 Å². The Hall–Kier alpha value is -4.99. The average molecular weight is 587 g/mol. The first kappa shape index (κ1) is 31.0. The van der Waals surface area contributed by atoms with Crippen LogP contribution in [0.4, 0.5) is 20.6 Å². The van der Waals surface area contributed by atoms with Gasteiger partial charge in [0, 0.05) is 40.8 Å². The van der Waals surface area contributed by atoms with E-state index in [0.29, 0.717) is 11.1 Å². The normalized spacial score (nSPS) is 11.5. The molecule has 2 N–H and O–H groups in total. The van der Waals surface area contributed by atoms with Gasteiger partial charge in [-0.2, -0.15) is 0 Å². The number of hydrogen-bond acceptors (Lipinski definition) is 6. The van der Waals surface area contributed by atoms with E-state index in [2.05, 4.69) is 15.6 Å². The zero-order valence-electron chi connectivity index (χ0n) is 25.0. The number of imidazole rings is 1. The van der Waals surface area contributed by atoms with Crippen LogP contribution < -0.4 is 15.4 Å². The van der Waals surface area contributed by atoms with Gasteiger partial charge >= 0.3 is 6.09 Å². The quantitative estimate of drug-likeness (QED) is 0.164. The van der Waals surface area contributed by atoms with E-state index < -0.39 is 41.2 Å². The molecule has 43 heavy (non-hydrogen) atoms. The number of aromatic nitrogens is 2. The van der Waals surface area contributed by atoms with Crippen molar-refractivity contribution >= 4 is 29.2 Å². The molecule has 0 aliphatic carbocycles. The van der Waals surface area contributed by atoms with E-state index in [0.717, 1.165) is 5.69 Å². The molecule has 10 heteroatoms. The average Bonchev–Trinajstić information content (AvgIpc) is 3.44. The molecule has 0 saturated carbocycles. The Bertz CT molecular complexity index is 1640. The van der Waals surface area contributed by atoms with Gasteiger partial charge < -0.3 is 19.4 Å². The monoisotopic (exact) mass is 586 g/mol. The van der Waals surface area contributed by atoms with Crippen molar-refractivity contribution < 1.29 is 28.2 Å². The van der Waals surface area contributed by atoms with Crippen LogP contribution in [0.15, 0.2) is 79.4 Å². The van der Waals surface area contributed by atoms with E-state index in [1.54, 1.807) is 80.5 Å². The third-order valence-electron chi connectivity index (χ3n) is 5.90. The van der Waals surface area contributed by atoms with Crippen LogP contribution in [0.3, 0.4) is 0 Å². The van der Waals surface area contributed by atoms with Gasteiger partial charge in [-0.15, -0.1) is 0 Å². The Morgan fingerprint density at radius 2 is 1.58 bits per heavy atom. The fourth-order valence-electron chi connectivity index (χ4n) is 4.20. The maximum absolute atomic E-state index is 15.0. The highest BCUT2D eigenvalue weighted by Gasteiger charge is 2.24. The summed E-state index contributed by atoms with van der Waals surface area (Å²) in [4.78, 5) is 43.1. The van der Waals surface area contributed by atoms with Gasteiger partial charge in [-0.25, -0.2) is 14.2 Å². The number of rotatable bonds is 8. The number of benzene rings is 3. The molecule has 3 aromatic carbocycles. The first-order valence-electron chi connectivity index (χ1n) is 13.7. The standard InChI is InChI=1S/C33H35FN4O5/c1-32(2,3)42-29-18-27(37-31(41)43-33(4,5)6)26(17-24(29)23-12-7-8-13-25(23)34)36-30(40)19-28(39)21-10-9-11-22(16-21)38-15-14-35-20-38/h7-18,20H,19H2,1-6H3,(H,36,40)(H,37,41). The second kappa shape index (κ2) is 12.5. The number of ketones is 1. The molecule has 0 saturated heterocycles. The lowest BCUT2D eigenvalue weighted by Crippen LogP contribution is -2.28. The summed E-state index contributed by atoms with van der Waals surface area (Å²) in [5.74, 6) is -1.27. The van der Waals surface area contributed by atoms with E-state index in [9.17, 15) is 18.8 Å². The first-order valence-corrected chi connectivity index (χ1v) is 13.7. The molecular formula is C33H35FN4O5. The Balaban J connectivity index is 1.69. The van der Waals surface area contributed by atoms with Crippen LogP contribution in [0.5, 0.6) is 5.75 Å². The summed E-state index contributed by atoms with van der Waals surface area (Å²) in [6.45, 7) is 10.7. The number of amides is 2. The van der Waals surface area contributed by atoms with Crippen molar-refractivity contribution in [2.75, 3.05) is 10.6 Å². The van der Waals surface area contributed by atoms with Crippen LogP contribution in [0.1, 0.15) is 58.3 Å². The summed E-state index contributed by atoms with van der Waals surface area (Å²) in [6, 6.07) is 16.0. The highest BCUT2D eigenvalue weighted by molar-refractivity contribution is 6.12. The second-order valence-electron chi connectivity index (χ2n) is 11.9. The SMILES string of the molecule is CC(C)(C)OC(=O)Nc1cc(OC(C)(C)C)c(-c2ccccc2F)cc1NC(=O)CC(=O)c1cccc(-n2ccnc2)c1. The van der Waals surface area contributed by atoms with Crippen molar-refractivity contribution in [2.45, 2.75) is 59.2 Å². The Labute approximate surface area is 250 Å². The molecule has 0 radical (unpaired) electrons. The van der Waals surface area contributed by atoms with Gasteiger partial charge in [-0.05, 0) is 65.8 Å². The smallest absolute Gasteiger partial charge is 0.412 e. The fraction of sp³-hybridized carbons (Fsp3) is 0.273. The minimum Gasteiger partial charge on any atom is -0.487 e. The number of nitrogens with zero attached hydrogens (tertiary/aromatic N) is 2. The number of anilines is 2. The highest BCUT2D eigenvalue weighted by Crippen LogP contribution is 2.40. The molecule has 4 aromatic rings. The van der Waals surface area contributed by atoms with Crippen LogP contribution in [0, 0.1) is 5.82 Å². The number of ether oxygens (including phenoxy) is 2. The highest BCUT2D eigenvalue weighted by atomic mass is 19.1. The predicted octanol–water partition coefficient (Wildman–Crippen LogP) is 7.41. The van der Waals surface area contributed by atoms with E-state index in [4.69, 9.17) is 9.47 Å². The van der Waals surface area contributed by atoms with Crippen molar-refractivity contribution in [3.8, 4) is 22.6 Å². The van der Waals surface area contributed by atoms with Crippen molar-refractivity contribution in [3.05, 3.63) is 90.8 Å². The number of nitrogens with one attached hydrogen (secondary N) is 2. The molecule has 9 nitrogen and oxygen atoms in total. The lowest BCUT2D eigenvalue weighted by molar-refractivity contribution is -0.115. The van der Waals surface area contributed by atoms with Gasteiger partial charge in [-0.3, -0.25) is 14.9 Å². The number of carbonyl (C=O) groups excluding carboxylic acids is 3. The van der Waals surface area contributed by atoms with Gasteiger partial charge in [0.05, 0.1) is 24.1 Å². The lowest BCUT2D eigenvalue weighted by Gasteiger charge is -2.26. The molecule has 0 unspecified atom stereocenters. The summed E-state index contributed by atoms with van der Waals surface area (Å²) >= 11 is 0. The van der Waals surface area contributed by atoms with Crippen molar-refractivity contribution in [3.63, 3.8) is 0 Å². The number of hydrogen-bond donors (Lipinski definition) is 2. The maximum atomic E-state index is 15.0. The third-order valence-corrected chi connectivity index (χ3v) is 5.90. The summed E-state index contributed by atoms with van der Waals surface area (Å²) in [7, 11) is 0. The number of carbonyl (C=O) groups is 3. The van der Waals surface area contributed by atoms with Crippen LogP contribution in [-0.2, 0) is 9.53 Å². The van der Waals surface area contributed by atoms with Gasteiger partial charge in [0.15, 0.2) is 5.78 Å². The van der Waals surface area contributed by atoms with Gasteiger partial charge in [0.25, 0.3) is 0 Å². The van der Waals surface area contributed by atoms with Crippen LogP contribution in [0.2, 0.25) is 0 Å². The third kappa shape index (κ3) is 8.51. The molecular weight excluding hydrogens is 551 g/mol. The van der Waals surface area contributed by atoms with Gasteiger partial charge in [-0.1, -0.05) is 30.3 Å². The minimum absolute atomic E-state index is 0.135. The Kier molecular flexibility index (Phi) is 8.99. The van der Waals surface area contributed by atoms with Gasteiger partial charge in [0.2, 0.25) is 5.91 Å². The Morgan fingerprint density at radius 1 is 0.860 bits per heavy atom. The van der Waals surface area contributed by atoms with Crippen molar-refractivity contribution in [2.24, 2.45) is 0 Å². The van der Waals surface area contributed by atoms with Gasteiger partial charge in [0.1, 0.15) is 22.8 Å². The largest absolute Gasteiger partial charge is 0.487 e. The molecule has 2 amide bonds. The van der Waals surface area contributed by atoms with Crippen LogP contribution in [-0.4, -0.2) is 38.5 Å². The zero-order valence-corrected chi connectivity index (χ0v) is 25.0.